The summed E-state index contributed by atoms with van der Waals surface area (Å²) in [4.78, 5) is 51.4. The SMILES string of the molecule is CCC[C@H](NC(=O)[C@H](CCSC)NC(=O)OCC(C)C)C(=O)N[C@@H](Cc1ccccc1)C(=O)C(C)C.[HH].[HH]. The standard InChI is InChI=1S/C27H43N3O5S.2H2/c1-7-11-21(28-26(33)22(14-15-36-6)30-27(34)35-17-18(2)3)25(32)29-23(24(31)19(4)5)16-20-12-9-8-10-13-20;;/h8-10,12-13,18-19,21-23H,7,11,14-17H2,1-6H3,(H,28,33)(H,29,32)(H,30,34);2*1H/t21-,22-,23-;;/m0../s1. The monoisotopic (exact) mass is 525 g/mol. The van der Waals surface area contributed by atoms with E-state index in [1.165, 1.54) is 0 Å². The van der Waals surface area contributed by atoms with Crippen LogP contribution in [0.25, 0.3) is 0 Å². The van der Waals surface area contributed by atoms with Crippen LogP contribution in [0.4, 0.5) is 4.79 Å². The van der Waals surface area contributed by atoms with Crippen molar-refractivity contribution in [2.75, 3.05) is 18.6 Å². The van der Waals surface area contributed by atoms with Crippen molar-refractivity contribution < 1.29 is 26.8 Å². The van der Waals surface area contributed by atoms with E-state index in [4.69, 9.17) is 4.74 Å². The number of nitrogens with one attached hydrogen (secondary N) is 3. The molecule has 3 atom stereocenters. The van der Waals surface area contributed by atoms with Crippen LogP contribution in [0.15, 0.2) is 30.3 Å². The normalized spacial score (nSPS) is 13.6. The summed E-state index contributed by atoms with van der Waals surface area (Å²) in [6.07, 6.45) is 3.07. The number of ether oxygens (including phenoxy) is 1. The number of hydrogen-bond acceptors (Lipinski definition) is 6. The highest BCUT2D eigenvalue weighted by atomic mass is 32.2. The van der Waals surface area contributed by atoms with Crippen LogP contribution in [0.3, 0.4) is 0 Å². The molecule has 0 heterocycles. The largest absolute Gasteiger partial charge is 0.449 e. The Kier molecular flexibility index (Phi) is 14.9. The molecule has 36 heavy (non-hydrogen) atoms. The van der Waals surface area contributed by atoms with Crippen LogP contribution < -0.4 is 16.0 Å². The lowest BCUT2D eigenvalue weighted by Gasteiger charge is -2.26. The second kappa shape index (κ2) is 17.0. The molecular weight excluding hydrogens is 478 g/mol. The summed E-state index contributed by atoms with van der Waals surface area (Å²) < 4.78 is 5.17. The van der Waals surface area contributed by atoms with E-state index in [2.05, 4.69) is 16.0 Å². The number of benzene rings is 1. The van der Waals surface area contributed by atoms with E-state index in [0.29, 0.717) is 31.4 Å². The number of carbonyl (C=O) groups is 4. The van der Waals surface area contributed by atoms with Crippen LogP contribution in [-0.2, 0) is 25.5 Å². The van der Waals surface area contributed by atoms with Crippen LogP contribution >= 0.6 is 11.8 Å². The van der Waals surface area contributed by atoms with Crippen molar-refractivity contribution in [1.82, 2.24) is 16.0 Å². The summed E-state index contributed by atoms with van der Waals surface area (Å²) in [6, 6.07) is 7.15. The maximum atomic E-state index is 13.2. The highest BCUT2D eigenvalue weighted by Gasteiger charge is 2.30. The smallest absolute Gasteiger partial charge is 0.407 e. The lowest BCUT2D eigenvalue weighted by atomic mass is 9.95. The maximum absolute atomic E-state index is 13.2. The van der Waals surface area contributed by atoms with E-state index in [1.54, 1.807) is 25.6 Å². The number of thioether (sulfide) groups is 1. The number of alkyl carbamates (subject to hydrolysis) is 1. The van der Waals surface area contributed by atoms with Crippen molar-refractivity contribution in [1.29, 1.82) is 0 Å². The molecule has 0 bridgehead atoms. The van der Waals surface area contributed by atoms with Gasteiger partial charge in [0.25, 0.3) is 0 Å². The first-order chi connectivity index (χ1) is 17.1. The molecule has 3 amide bonds. The number of rotatable bonds is 16. The minimum atomic E-state index is -0.832. The van der Waals surface area contributed by atoms with Gasteiger partial charge in [0, 0.05) is 8.77 Å². The Morgan fingerprint density at radius 1 is 0.889 bits per heavy atom. The van der Waals surface area contributed by atoms with Gasteiger partial charge in [-0.15, -0.1) is 0 Å². The molecule has 1 aromatic carbocycles. The van der Waals surface area contributed by atoms with Gasteiger partial charge in [-0.25, -0.2) is 4.79 Å². The molecule has 0 aliphatic heterocycles. The first kappa shape index (κ1) is 31.5. The third-order valence-corrected chi connectivity index (χ3v) is 6.13. The van der Waals surface area contributed by atoms with Crippen LogP contribution in [0.1, 0.15) is 62.3 Å². The zero-order valence-corrected chi connectivity index (χ0v) is 23.3. The molecule has 0 saturated carbocycles. The molecule has 1 aromatic rings. The van der Waals surface area contributed by atoms with E-state index in [-0.39, 0.29) is 27.1 Å². The Hall–Kier alpha value is -2.55. The summed E-state index contributed by atoms with van der Waals surface area (Å²) in [7, 11) is 0. The number of carbonyl (C=O) groups excluding carboxylic acids is 4. The summed E-state index contributed by atoms with van der Waals surface area (Å²) in [5, 5.41) is 8.29. The maximum Gasteiger partial charge on any atom is 0.407 e. The molecule has 206 valence electrons. The second-order valence-corrected chi connectivity index (χ2v) is 10.6. The van der Waals surface area contributed by atoms with Gasteiger partial charge in [0.05, 0.1) is 12.6 Å². The van der Waals surface area contributed by atoms with Gasteiger partial charge in [-0.1, -0.05) is 71.4 Å². The first-order valence-electron chi connectivity index (χ1n) is 12.7. The molecule has 9 heteroatoms. The summed E-state index contributed by atoms with van der Waals surface area (Å²) >= 11 is 1.55. The molecule has 0 aliphatic carbocycles. The third kappa shape index (κ3) is 11.9. The number of hydrogen-bond donors (Lipinski definition) is 3. The molecule has 0 saturated heterocycles. The number of amides is 3. The fraction of sp³-hybridized carbons (Fsp3) is 0.630. The van der Waals surface area contributed by atoms with Gasteiger partial charge in [0.1, 0.15) is 12.1 Å². The number of Topliss-reactive ketones (excluding diaryl/α,β-unsaturated/α-hetero) is 1. The van der Waals surface area contributed by atoms with Gasteiger partial charge in [-0.3, -0.25) is 14.4 Å². The molecule has 8 nitrogen and oxygen atoms in total. The zero-order valence-electron chi connectivity index (χ0n) is 22.5. The van der Waals surface area contributed by atoms with E-state index < -0.39 is 36.0 Å². The van der Waals surface area contributed by atoms with E-state index in [9.17, 15) is 19.2 Å². The average Bonchev–Trinajstić information content (AvgIpc) is 2.84. The van der Waals surface area contributed by atoms with Crippen LogP contribution in [-0.4, -0.2) is 60.4 Å². The minimum Gasteiger partial charge on any atom is -0.449 e. The van der Waals surface area contributed by atoms with Gasteiger partial charge in [-0.05, 0) is 42.8 Å². The van der Waals surface area contributed by atoms with Gasteiger partial charge >= 0.3 is 6.09 Å². The van der Waals surface area contributed by atoms with Crippen LogP contribution in [0.5, 0.6) is 0 Å². The van der Waals surface area contributed by atoms with Gasteiger partial charge < -0.3 is 20.7 Å². The number of ketones is 1. The molecule has 0 radical (unpaired) electrons. The Labute approximate surface area is 223 Å². The zero-order chi connectivity index (χ0) is 27.1. The molecule has 0 unspecified atom stereocenters. The Morgan fingerprint density at radius 2 is 1.47 bits per heavy atom. The lowest BCUT2D eigenvalue weighted by molar-refractivity contribution is -0.133. The minimum absolute atomic E-state index is 0. The predicted molar refractivity (Wildman–Crippen MR) is 149 cm³/mol. The molecule has 0 aliphatic rings. The molecular formula is C27H47N3O5S. The van der Waals surface area contributed by atoms with Crippen molar-refractivity contribution in [3.8, 4) is 0 Å². The Balaban J connectivity index is 0. The molecule has 0 aromatic heterocycles. The van der Waals surface area contributed by atoms with Crippen LogP contribution in [0.2, 0.25) is 0 Å². The van der Waals surface area contributed by atoms with Gasteiger partial charge in [-0.2, -0.15) is 11.8 Å². The molecule has 0 fully saturated rings. The Bertz CT molecular complexity index is 843. The second-order valence-electron chi connectivity index (χ2n) is 9.63. The Morgan fingerprint density at radius 3 is 2.00 bits per heavy atom. The average molecular weight is 526 g/mol. The molecule has 1 rings (SSSR count). The third-order valence-electron chi connectivity index (χ3n) is 5.49. The molecule has 3 N–H and O–H groups in total. The lowest BCUT2D eigenvalue weighted by Crippen LogP contribution is -2.56. The predicted octanol–water partition coefficient (Wildman–Crippen LogP) is 4.22. The molecule has 0 spiro atoms. The van der Waals surface area contributed by atoms with Crippen molar-refractivity contribution in [3.05, 3.63) is 35.9 Å². The quantitative estimate of drug-likeness (QED) is 0.298. The van der Waals surface area contributed by atoms with Crippen molar-refractivity contribution in [2.24, 2.45) is 11.8 Å². The van der Waals surface area contributed by atoms with Crippen LogP contribution in [0, 0.1) is 11.8 Å². The summed E-state index contributed by atoms with van der Waals surface area (Å²) in [5.74, 6) is -0.365. The van der Waals surface area contributed by atoms with Crippen molar-refractivity contribution in [2.45, 2.75) is 78.4 Å². The highest BCUT2D eigenvalue weighted by molar-refractivity contribution is 7.98. The van der Waals surface area contributed by atoms with E-state index in [1.807, 2.05) is 57.4 Å². The van der Waals surface area contributed by atoms with E-state index >= 15 is 0 Å². The summed E-state index contributed by atoms with van der Waals surface area (Å²) in [6.45, 7) is 9.62. The van der Waals surface area contributed by atoms with Gasteiger partial charge in [0.2, 0.25) is 11.8 Å². The fourth-order valence-corrected chi connectivity index (χ4v) is 3.98. The van der Waals surface area contributed by atoms with Gasteiger partial charge in [0.15, 0.2) is 5.78 Å². The fourth-order valence-electron chi connectivity index (χ4n) is 3.51. The first-order valence-corrected chi connectivity index (χ1v) is 14.1. The highest BCUT2D eigenvalue weighted by Crippen LogP contribution is 2.10. The summed E-state index contributed by atoms with van der Waals surface area (Å²) in [5.41, 5.74) is 0.939. The van der Waals surface area contributed by atoms with Crippen molar-refractivity contribution >= 4 is 35.5 Å². The van der Waals surface area contributed by atoms with Crippen molar-refractivity contribution in [3.63, 3.8) is 0 Å². The topological polar surface area (TPSA) is 114 Å². The van der Waals surface area contributed by atoms with E-state index in [0.717, 1.165) is 5.56 Å².